The van der Waals surface area contributed by atoms with Gasteiger partial charge in [-0.05, 0) is 18.2 Å². The van der Waals surface area contributed by atoms with E-state index in [1.54, 1.807) is 0 Å². The minimum Gasteiger partial charge on any atom is -0.316 e. The van der Waals surface area contributed by atoms with Crippen molar-refractivity contribution >= 4 is 35.0 Å². The van der Waals surface area contributed by atoms with E-state index in [2.05, 4.69) is 45.7 Å². The fourth-order valence-electron chi connectivity index (χ4n) is 1.20. The molecule has 0 radical (unpaired) electrons. The number of carbonyl (C=O) groups is 3. The molecule has 8 nitrogen and oxygen atoms in total. The number of anilines is 3. The Hall–Kier alpha value is -3.29. The lowest BCUT2D eigenvalue weighted by molar-refractivity contribution is -0.112. The lowest BCUT2D eigenvalue weighted by atomic mass is 10.3. The highest BCUT2D eigenvalue weighted by Crippen LogP contribution is 2.26. The molecule has 21 heavy (non-hydrogen) atoms. The third kappa shape index (κ3) is 4.39. The average molecular weight is 287 g/mol. The van der Waals surface area contributed by atoms with Crippen molar-refractivity contribution in [3.8, 4) is 0 Å². The number of nitrogens with one attached hydrogen (secondary N) is 3. The Balaban J connectivity index is 3.24. The molecule has 0 spiro atoms. The highest BCUT2D eigenvalue weighted by Gasteiger charge is 2.15. The fourth-order valence-corrected chi connectivity index (χ4v) is 1.20. The molecular weight excluding hydrogens is 274 g/mol. The second kappa shape index (κ2) is 7.34. The van der Waals surface area contributed by atoms with Gasteiger partial charge < -0.3 is 16.0 Å². The van der Waals surface area contributed by atoms with Crippen molar-refractivity contribution in [3.63, 3.8) is 0 Å². The summed E-state index contributed by atoms with van der Waals surface area (Å²) in [6.45, 7) is 9.92. The van der Waals surface area contributed by atoms with Crippen LogP contribution < -0.4 is 16.0 Å². The van der Waals surface area contributed by atoms with Crippen LogP contribution in [0.1, 0.15) is 0 Å². The largest absolute Gasteiger partial charge is 0.316 e. The average Bonchev–Trinajstić information content (AvgIpc) is 2.49. The molecule has 1 aromatic heterocycles. The van der Waals surface area contributed by atoms with E-state index >= 15 is 0 Å². The molecule has 0 aliphatic rings. The van der Waals surface area contributed by atoms with Crippen LogP contribution in [0, 0.1) is 0 Å². The van der Waals surface area contributed by atoms with E-state index in [1.807, 2.05) is 0 Å². The first kappa shape index (κ1) is 15.8. The molecule has 0 saturated carbocycles. The summed E-state index contributed by atoms with van der Waals surface area (Å²) in [5.41, 5.74) is 0.0211. The smallest absolute Gasteiger partial charge is 0.248 e. The Labute approximate surface area is 120 Å². The van der Waals surface area contributed by atoms with Crippen LogP contribution in [0.15, 0.2) is 44.3 Å². The molecule has 8 heteroatoms. The molecule has 0 aliphatic heterocycles. The zero-order chi connectivity index (χ0) is 15.8. The molecule has 0 unspecified atom stereocenters. The summed E-state index contributed by atoms with van der Waals surface area (Å²) in [5.74, 6) is -1.63. The standard InChI is InChI=1S/C13H13N5O3/c1-4-8(19)16-11-12(17-9(20)5-2)14-7-15-13(11)18-10(21)6-3/h4-7H,1-3H2,(H,16,19)(H2,14,15,17,18,20,21). The van der Waals surface area contributed by atoms with Crippen molar-refractivity contribution in [1.82, 2.24) is 9.97 Å². The van der Waals surface area contributed by atoms with Gasteiger partial charge in [0.2, 0.25) is 17.7 Å². The van der Waals surface area contributed by atoms with Gasteiger partial charge in [-0.3, -0.25) is 14.4 Å². The number of hydrogen-bond acceptors (Lipinski definition) is 5. The molecule has 0 saturated heterocycles. The van der Waals surface area contributed by atoms with Crippen LogP contribution in [0.25, 0.3) is 0 Å². The second-order valence-corrected chi connectivity index (χ2v) is 3.53. The number of rotatable bonds is 6. The van der Waals surface area contributed by atoms with E-state index in [-0.39, 0.29) is 17.3 Å². The summed E-state index contributed by atoms with van der Waals surface area (Å²) in [6.07, 6.45) is 4.19. The van der Waals surface area contributed by atoms with Gasteiger partial charge in [0.15, 0.2) is 11.6 Å². The Kier molecular flexibility index (Phi) is 5.51. The van der Waals surface area contributed by atoms with Crippen molar-refractivity contribution in [2.75, 3.05) is 16.0 Å². The second-order valence-electron chi connectivity index (χ2n) is 3.53. The lowest BCUT2D eigenvalue weighted by Gasteiger charge is -2.13. The molecule has 0 fully saturated rings. The van der Waals surface area contributed by atoms with E-state index in [4.69, 9.17) is 0 Å². The Morgan fingerprint density at radius 3 is 1.57 bits per heavy atom. The van der Waals surface area contributed by atoms with Crippen LogP contribution in [0.4, 0.5) is 17.3 Å². The Morgan fingerprint density at radius 2 is 1.19 bits per heavy atom. The van der Waals surface area contributed by atoms with E-state index in [0.717, 1.165) is 24.6 Å². The highest BCUT2D eigenvalue weighted by atomic mass is 16.2. The van der Waals surface area contributed by atoms with Crippen molar-refractivity contribution in [2.24, 2.45) is 0 Å². The number of hydrogen-bond donors (Lipinski definition) is 3. The first-order chi connectivity index (χ1) is 10.0. The number of aromatic nitrogens is 2. The lowest BCUT2D eigenvalue weighted by Crippen LogP contribution is -2.18. The van der Waals surface area contributed by atoms with Gasteiger partial charge in [-0.15, -0.1) is 0 Å². The third-order valence-corrected chi connectivity index (χ3v) is 2.13. The molecule has 108 valence electrons. The van der Waals surface area contributed by atoms with Gasteiger partial charge >= 0.3 is 0 Å². The van der Waals surface area contributed by atoms with Crippen molar-refractivity contribution < 1.29 is 14.4 Å². The normalized spacial score (nSPS) is 9.14. The maximum Gasteiger partial charge on any atom is 0.248 e. The minimum absolute atomic E-state index is 0.00413. The maximum absolute atomic E-state index is 11.4. The van der Waals surface area contributed by atoms with Crippen LogP contribution in [0.3, 0.4) is 0 Å². The van der Waals surface area contributed by atoms with Crippen molar-refractivity contribution in [1.29, 1.82) is 0 Å². The molecule has 1 heterocycles. The zero-order valence-electron chi connectivity index (χ0n) is 11.0. The van der Waals surface area contributed by atoms with E-state index < -0.39 is 17.7 Å². The summed E-state index contributed by atoms with van der Waals surface area (Å²) in [7, 11) is 0. The Bertz CT molecular complexity index is 584. The third-order valence-electron chi connectivity index (χ3n) is 2.13. The van der Waals surface area contributed by atoms with Crippen molar-refractivity contribution in [3.05, 3.63) is 44.3 Å². The fraction of sp³-hybridized carbons (Fsp3) is 0. The SMILES string of the molecule is C=CC(=O)Nc1ncnc(NC(=O)C=C)c1NC(=O)C=C. The molecule has 1 aromatic rings. The number of carbonyl (C=O) groups excluding carboxylic acids is 3. The van der Waals surface area contributed by atoms with Crippen LogP contribution in [-0.4, -0.2) is 27.7 Å². The first-order valence-electron chi connectivity index (χ1n) is 5.67. The molecule has 3 amide bonds. The monoisotopic (exact) mass is 287 g/mol. The van der Waals surface area contributed by atoms with E-state index in [9.17, 15) is 14.4 Å². The predicted octanol–water partition coefficient (Wildman–Crippen LogP) is 0.850. The van der Waals surface area contributed by atoms with Crippen LogP contribution >= 0.6 is 0 Å². The molecule has 0 atom stereocenters. The topological polar surface area (TPSA) is 113 Å². The molecular formula is C13H13N5O3. The molecule has 3 N–H and O–H groups in total. The minimum atomic E-state index is -0.562. The van der Waals surface area contributed by atoms with Gasteiger partial charge in [0.25, 0.3) is 0 Å². The van der Waals surface area contributed by atoms with Gasteiger partial charge in [-0.25, -0.2) is 9.97 Å². The van der Waals surface area contributed by atoms with Crippen molar-refractivity contribution in [2.45, 2.75) is 0 Å². The van der Waals surface area contributed by atoms with Gasteiger partial charge in [0.05, 0.1) is 0 Å². The summed E-state index contributed by atoms with van der Waals surface area (Å²) in [6, 6.07) is 0. The molecule has 1 rings (SSSR count). The van der Waals surface area contributed by atoms with Crippen LogP contribution in [-0.2, 0) is 14.4 Å². The summed E-state index contributed by atoms with van der Waals surface area (Å²) >= 11 is 0. The van der Waals surface area contributed by atoms with E-state index in [0.29, 0.717) is 0 Å². The van der Waals surface area contributed by atoms with Crippen LogP contribution in [0.2, 0.25) is 0 Å². The van der Waals surface area contributed by atoms with Crippen LogP contribution in [0.5, 0.6) is 0 Å². The summed E-state index contributed by atoms with van der Waals surface area (Å²) in [4.78, 5) is 41.8. The maximum atomic E-state index is 11.4. The molecule has 0 bridgehead atoms. The summed E-state index contributed by atoms with van der Waals surface area (Å²) in [5, 5.41) is 7.18. The van der Waals surface area contributed by atoms with Gasteiger partial charge in [0, 0.05) is 0 Å². The van der Waals surface area contributed by atoms with Gasteiger partial charge in [0.1, 0.15) is 12.0 Å². The zero-order valence-corrected chi connectivity index (χ0v) is 11.0. The first-order valence-corrected chi connectivity index (χ1v) is 5.67. The van der Waals surface area contributed by atoms with Gasteiger partial charge in [-0.1, -0.05) is 19.7 Å². The quantitative estimate of drug-likeness (QED) is 0.671. The highest BCUT2D eigenvalue weighted by molar-refractivity contribution is 6.09. The molecule has 0 aromatic carbocycles. The van der Waals surface area contributed by atoms with Gasteiger partial charge in [-0.2, -0.15) is 0 Å². The van der Waals surface area contributed by atoms with E-state index in [1.165, 1.54) is 0 Å². The molecule has 0 aliphatic carbocycles. The Morgan fingerprint density at radius 1 is 0.810 bits per heavy atom. The summed E-state index contributed by atoms with van der Waals surface area (Å²) < 4.78 is 0. The predicted molar refractivity (Wildman–Crippen MR) is 78.5 cm³/mol. The number of nitrogens with zero attached hydrogens (tertiary/aromatic N) is 2. The number of amides is 3.